The highest BCUT2D eigenvalue weighted by Gasteiger charge is 2.19. The monoisotopic (exact) mass is 862 g/mol. The molecule has 0 radical (unpaired) electrons. The quantitative estimate of drug-likeness (QED) is 0.108. The highest BCUT2D eigenvalue weighted by atomic mass is 19.3. The van der Waals surface area contributed by atoms with Crippen LogP contribution in [0.2, 0.25) is 0 Å². The van der Waals surface area contributed by atoms with E-state index in [9.17, 15) is 35.1 Å². The Morgan fingerprint density at radius 2 is 0.667 bits per heavy atom. The largest absolute Gasteiger partial charge is 0.429 e. The van der Waals surface area contributed by atoms with Gasteiger partial charge in [0.1, 0.15) is 0 Å². The molecule has 0 aliphatic carbocycles. The zero-order valence-electron chi connectivity index (χ0n) is 34.4. The van der Waals surface area contributed by atoms with Crippen molar-refractivity contribution in [2.24, 2.45) is 0 Å². The number of rotatable bonds is 13. The minimum absolute atomic E-state index is 0.241. The minimum Gasteiger partial charge on any atom is -0.429 e. The summed E-state index contributed by atoms with van der Waals surface area (Å²) in [6.45, 7) is -2.25. The third-order valence-corrected chi connectivity index (χ3v) is 10.7. The van der Waals surface area contributed by atoms with Crippen molar-refractivity contribution >= 4 is 21.5 Å². The van der Waals surface area contributed by atoms with Gasteiger partial charge in [-0.1, -0.05) is 136 Å². The van der Waals surface area contributed by atoms with E-state index in [0.29, 0.717) is 11.1 Å². The van der Waals surface area contributed by atoms with Gasteiger partial charge in [-0.15, -0.1) is 0 Å². The molecule has 0 saturated carbocycles. The topological polar surface area (TPSA) is 18.5 Å². The number of benzene rings is 8. The van der Waals surface area contributed by atoms with Gasteiger partial charge in [-0.05, 0) is 133 Å². The van der Waals surface area contributed by atoms with Crippen LogP contribution in [0.3, 0.4) is 0 Å². The lowest BCUT2D eigenvalue weighted by molar-refractivity contribution is -0.0551. The number of hydrogen-bond donors (Lipinski definition) is 0. The number of halogens is 8. The Morgan fingerprint density at radius 1 is 0.349 bits per heavy atom. The van der Waals surface area contributed by atoms with Gasteiger partial charge in [-0.3, -0.25) is 0 Å². The number of fused-ring (bicyclic) bond motifs is 2. The van der Waals surface area contributed by atoms with E-state index in [1.165, 1.54) is 34.7 Å². The van der Waals surface area contributed by atoms with Crippen LogP contribution in [0, 0.1) is 23.3 Å². The third kappa shape index (κ3) is 10.9. The maximum Gasteiger partial charge on any atom is 0.387 e. The predicted molar refractivity (Wildman–Crippen MR) is 235 cm³/mol. The molecular formula is C53H42F8O2. The normalized spacial score (nSPS) is 11.3. The molecule has 0 aliphatic rings. The maximum absolute atomic E-state index is 14.0. The van der Waals surface area contributed by atoms with E-state index < -0.39 is 48.0 Å². The van der Waals surface area contributed by atoms with E-state index in [2.05, 4.69) is 90.1 Å². The molecule has 0 atom stereocenters. The summed E-state index contributed by atoms with van der Waals surface area (Å²) in [5.41, 5.74) is 8.25. The first-order valence-electron chi connectivity index (χ1n) is 20.5. The van der Waals surface area contributed by atoms with Crippen molar-refractivity contribution in [3.63, 3.8) is 0 Å². The smallest absolute Gasteiger partial charge is 0.387 e. The van der Waals surface area contributed by atoms with Crippen molar-refractivity contribution in [3.8, 4) is 56.0 Å². The van der Waals surface area contributed by atoms with E-state index in [0.717, 1.165) is 76.6 Å². The van der Waals surface area contributed by atoms with Gasteiger partial charge in [0, 0.05) is 0 Å². The van der Waals surface area contributed by atoms with Gasteiger partial charge in [-0.2, -0.15) is 17.6 Å². The van der Waals surface area contributed by atoms with Crippen LogP contribution in [0.15, 0.2) is 146 Å². The highest BCUT2D eigenvalue weighted by molar-refractivity contribution is 5.89. The molecule has 0 aliphatic heterocycles. The average Bonchev–Trinajstić information content (AvgIpc) is 3.28. The Hall–Kier alpha value is -6.68. The second kappa shape index (κ2) is 20.0. The van der Waals surface area contributed by atoms with Crippen LogP contribution >= 0.6 is 0 Å². The van der Waals surface area contributed by atoms with Crippen molar-refractivity contribution in [3.05, 3.63) is 180 Å². The summed E-state index contributed by atoms with van der Waals surface area (Å²) in [4.78, 5) is 0. The lowest BCUT2D eigenvalue weighted by Gasteiger charge is -2.10. The molecular weight excluding hydrogens is 821 g/mol. The number of unbranched alkanes of at least 4 members (excludes halogenated alkanes) is 1. The first kappa shape index (κ1) is 44.4. The molecule has 322 valence electrons. The summed E-state index contributed by atoms with van der Waals surface area (Å²) < 4.78 is 113. The summed E-state index contributed by atoms with van der Waals surface area (Å²) in [5, 5.41) is 4.66. The Bertz CT molecular complexity index is 2790. The van der Waals surface area contributed by atoms with Gasteiger partial charge in [0.15, 0.2) is 34.8 Å². The molecule has 0 spiro atoms. The molecule has 0 fully saturated rings. The van der Waals surface area contributed by atoms with Gasteiger partial charge in [0.2, 0.25) is 0 Å². The van der Waals surface area contributed by atoms with Gasteiger partial charge in [0.05, 0.1) is 0 Å². The third-order valence-electron chi connectivity index (χ3n) is 10.7. The van der Waals surface area contributed by atoms with Crippen molar-refractivity contribution in [1.82, 2.24) is 0 Å². The molecule has 0 amide bonds. The molecule has 0 unspecified atom stereocenters. The first-order chi connectivity index (χ1) is 30.4. The Balaban J connectivity index is 0.000000189. The molecule has 0 bridgehead atoms. The SMILES string of the molecule is CCCCc1ccc2cc(-c3ccc(-c4cc(F)c(OC(F)F)c(F)c4)cc3)ccc2c1.CCCc1ccc2cc(-c3ccc(-c4cc(F)c(OC(F)F)c(F)c4)cc3)ccc2c1. The van der Waals surface area contributed by atoms with Crippen molar-refractivity contribution in [1.29, 1.82) is 0 Å². The van der Waals surface area contributed by atoms with E-state index in [1.807, 2.05) is 30.3 Å². The van der Waals surface area contributed by atoms with E-state index >= 15 is 0 Å². The fourth-order valence-corrected chi connectivity index (χ4v) is 7.50. The van der Waals surface area contributed by atoms with Gasteiger partial charge in [0.25, 0.3) is 0 Å². The van der Waals surface area contributed by atoms with Crippen molar-refractivity contribution in [2.75, 3.05) is 0 Å². The number of ether oxygens (including phenoxy) is 2. The number of alkyl halides is 4. The zero-order chi connectivity index (χ0) is 44.6. The van der Waals surface area contributed by atoms with Crippen molar-refractivity contribution in [2.45, 2.75) is 59.2 Å². The molecule has 0 N–H and O–H groups in total. The molecule has 8 aromatic rings. The molecule has 0 heterocycles. The molecule has 8 rings (SSSR count). The first-order valence-corrected chi connectivity index (χ1v) is 20.5. The van der Waals surface area contributed by atoms with Crippen LogP contribution < -0.4 is 9.47 Å². The molecule has 63 heavy (non-hydrogen) atoms. The summed E-state index contributed by atoms with van der Waals surface area (Å²) >= 11 is 0. The van der Waals surface area contributed by atoms with Gasteiger partial charge in [-0.25, -0.2) is 17.6 Å². The standard InChI is InChI=1S/C27H22F4O.C26H20F4O/c1-2-3-4-17-5-6-22-14-21(12-11-20(22)13-17)18-7-9-19(10-8-18)23-15-24(28)26(25(29)16-23)32-27(30)31;1-2-3-16-4-5-21-13-20(11-10-19(21)12-16)17-6-8-18(9-7-17)22-14-23(27)25(24(28)15-22)31-26(29)30/h5-16,27H,2-4H2,1H3;4-15,26H,2-3H2,1H3. The van der Waals surface area contributed by atoms with Crippen LogP contribution in [0.1, 0.15) is 44.2 Å². The van der Waals surface area contributed by atoms with E-state index in [1.54, 1.807) is 24.3 Å². The Kier molecular flexibility index (Phi) is 14.1. The van der Waals surface area contributed by atoms with Gasteiger partial charge < -0.3 is 9.47 Å². The lowest BCUT2D eigenvalue weighted by Crippen LogP contribution is -2.06. The van der Waals surface area contributed by atoms with Crippen molar-refractivity contribution < 1.29 is 44.6 Å². The summed E-state index contributed by atoms with van der Waals surface area (Å²) in [7, 11) is 0. The Morgan fingerprint density at radius 3 is 1.02 bits per heavy atom. The van der Waals surface area contributed by atoms with Crippen LogP contribution in [0.4, 0.5) is 35.1 Å². The predicted octanol–water partition coefficient (Wildman–Crippen LogP) is 16.4. The fraction of sp³-hybridized carbons (Fsp3) is 0.170. The van der Waals surface area contributed by atoms with Crippen LogP contribution in [-0.4, -0.2) is 13.2 Å². The maximum atomic E-state index is 14.0. The minimum atomic E-state index is -3.30. The molecule has 2 nitrogen and oxygen atoms in total. The fourth-order valence-electron chi connectivity index (χ4n) is 7.50. The van der Waals surface area contributed by atoms with Crippen LogP contribution in [0.25, 0.3) is 66.1 Å². The second-order valence-corrected chi connectivity index (χ2v) is 15.1. The molecule has 10 heteroatoms. The summed E-state index contributed by atoms with van der Waals surface area (Å²) in [6, 6.07) is 43.9. The zero-order valence-corrected chi connectivity index (χ0v) is 34.4. The van der Waals surface area contributed by atoms with E-state index in [-0.39, 0.29) is 11.1 Å². The molecule has 0 aromatic heterocycles. The van der Waals surface area contributed by atoms with Crippen LogP contribution in [0.5, 0.6) is 11.5 Å². The highest BCUT2D eigenvalue weighted by Crippen LogP contribution is 2.34. The average molecular weight is 863 g/mol. The lowest BCUT2D eigenvalue weighted by atomic mass is 9.97. The second-order valence-electron chi connectivity index (χ2n) is 15.1. The Labute approximate surface area is 360 Å². The summed E-state index contributed by atoms with van der Waals surface area (Å²) in [6.07, 6.45) is 5.57. The molecule has 8 aromatic carbocycles. The van der Waals surface area contributed by atoms with Gasteiger partial charge >= 0.3 is 13.2 Å². The number of aryl methyl sites for hydroxylation is 2. The molecule has 0 saturated heterocycles. The number of hydrogen-bond acceptors (Lipinski definition) is 2. The van der Waals surface area contributed by atoms with Crippen LogP contribution in [-0.2, 0) is 12.8 Å². The summed E-state index contributed by atoms with van der Waals surface area (Å²) in [5.74, 6) is -6.83. The van der Waals surface area contributed by atoms with E-state index in [4.69, 9.17) is 0 Å².